The van der Waals surface area contributed by atoms with Crippen molar-refractivity contribution >= 4 is 12.0 Å². The molecule has 0 saturated carbocycles. The van der Waals surface area contributed by atoms with E-state index >= 15 is 0 Å². The van der Waals surface area contributed by atoms with Gasteiger partial charge >= 0.3 is 5.97 Å². The third-order valence-electron chi connectivity index (χ3n) is 2.26. The highest BCUT2D eigenvalue weighted by Crippen LogP contribution is 2.14. The van der Waals surface area contributed by atoms with Crippen LogP contribution in [0.15, 0.2) is 35.9 Å². The SMILES string of the molecule is CCOCC(=Cc1ccccc1)C(=O)OC(C)(C)C. The van der Waals surface area contributed by atoms with E-state index in [2.05, 4.69) is 0 Å². The van der Waals surface area contributed by atoms with E-state index in [0.717, 1.165) is 5.56 Å². The molecule has 3 heteroatoms. The zero-order valence-corrected chi connectivity index (χ0v) is 12.1. The lowest BCUT2D eigenvalue weighted by Crippen LogP contribution is -2.26. The van der Waals surface area contributed by atoms with Crippen LogP contribution in [0.1, 0.15) is 33.3 Å². The maximum Gasteiger partial charge on any atom is 0.336 e. The van der Waals surface area contributed by atoms with Crippen molar-refractivity contribution in [2.45, 2.75) is 33.3 Å². The first kappa shape index (κ1) is 15.4. The monoisotopic (exact) mass is 262 g/mol. The topological polar surface area (TPSA) is 35.5 Å². The maximum absolute atomic E-state index is 12.1. The molecule has 0 aliphatic rings. The van der Waals surface area contributed by atoms with Gasteiger partial charge in [-0.3, -0.25) is 0 Å². The molecule has 0 unspecified atom stereocenters. The molecule has 0 aliphatic heterocycles. The molecule has 0 heterocycles. The van der Waals surface area contributed by atoms with Crippen molar-refractivity contribution in [1.82, 2.24) is 0 Å². The lowest BCUT2D eigenvalue weighted by molar-refractivity contribution is -0.150. The van der Waals surface area contributed by atoms with Crippen molar-refractivity contribution in [3.8, 4) is 0 Å². The minimum atomic E-state index is -0.501. The molecule has 0 atom stereocenters. The fourth-order valence-corrected chi connectivity index (χ4v) is 1.47. The number of rotatable bonds is 5. The van der Waals surface area contributed by atoms with Crippen LogP contribution in [-0.4, -0.2) is 24.8 Å². The first-order valence-electron chi connectivity index (χ1n) is 6.49. The number of benzene rings is 1. The van der Waals surface area contributed by atoms with Crippen LogP contribution in [0.3, 0.4) is 0 Å². The van der Waals surface area contributed by atoms with Crippen LogP contribution in [0.5, 0.6) is 0 Å². The zero-order chi connectivity index (χ0) is 14.3. The first-order chi connectivity index (χ1) is 8.92. The lowest BCUT2D eigenvalue weighted by Gasteiger charge is -2.20. The van der Waals surface area contributed by atoms with E-state index in [1.807, 2.05) is 64.1 Å². The van der Waals surface area contributed by atoms with Gasteiger partial charge in [0.15, 0.2) is 0 Å². The molecule has 0 bridgehead atoms. The molecule has 1 aromatic carbocycles. The van der Waals surface area contributed by atoms with E-state index in [1.54, 1.807) is 0 Å². The van der Waals surface area contributed by atoms with Gasteiger partial charge in [0.25, 0.3) is 0 Å². The molecule has 0 aliphatic carbocycles. The Hall–Kier alpha value is -1.61. The Morgan fingerprint density at radius 2 is 1.84 bits per heavy atom. The summed E-state index contributed by atoms with van der Waals surface area (Å²) >= 11 is 0. The molecule has 1 rings (SSSR count). The van der Waals surface area contributed by atoms with E-state index in [9.17, 15) is 4.79 Å². The number of carbonyl (C=O) groups excluding carboxylic acids is 1. The van der Waals surface area contributed by atoms with Crippen molar-refractivity contribution in [2.24, 2.45) is 0 Å². The zero-order valence-electron chi connectivity index (χ0n) is 12.1. The molecule has 0 amide bonds. The molecule has 0 radical (unpaired) electrons. The lowest BCUT2D eigenvalue weighted by atomic mass is 10.1. The number of hydrogen-bond acceptors (Lipinski definition) is 3. The Balaban J connectivity index is 2.88. The van der Waals surface area contributed by atoms with E-state index in [1.165, 1.54) is 0 Å². The summed E-state index contributed by atoms with van der Waals surface area (Å²) in [6.45, 7) is 8.29. The quantitative estimate of drug-likeness (QED) is 0.602. The molecular formula is C16H22O3. The molecular weight excluding hydrogens is 240 g/mol. The van der Waals surface area contributed by atoms with Gasteiger partial charge in [-0.05, 0) is 39.3 Å². The van der Waals surface area contributed by atoms with E-state index in [-0.39, 0.29) is 12.6 Å². The molecule has 1 aromatic rings. The van der Waals surface area contributed by atoms with Gasteiger partial charge in [0.1, 0.15) is 5.60 Å². The average Bonchev–Trinajstić information content (AvgIpc) is 2.33. The van der Waals surface area contributed by atoms with Crippen LogP contribution in [0.25, 0.3) is 6.08 Å². The van der Waals surface area contributed by atoms with Gasteiger partial charge in [-0.2, -0.15) is 0 Å². The van der Waals surface area contributed by atoms with Crippen LogP contribution >= 0.6 is 0 Å². The molecule has 104 valence electrons. The van der Waals surface area contributed by atoms with Gasteiger partial charge < -0.3 is 9.47 Å². The number of ether oxygens (including phenoxy) is 2. The second-order valence-electron chi connectivity index (χ2n) is 5.22. The molecule has 0 saturated heterocycles. The van der Waals surface area contributed by atoms with E-state index in [0.29, 0.717) is 12.2 Å². The summed E-state index contributed by atoms with van der Waals surface area (Å²) in [4.78, 5) is 12.1. The summed E-state index contributed by atoms with van der Waals surface area (Å²) in [7, 11) is 0. The second kappa shape index (κ2) is 7.10. The highest BCUT2D eigenvalue weighted by molar-refractivity contribution is 5.94. The first-order valence-corrected chi connectivity index (χ1v) is 6.49. The fourth-order valence-electron chi connectivity index (χ4n) is 1.47. The van der Waals surface area contributed by atoms with Crippen molar-refractivity contribution in [3.05, 3.63) is 41.5 Å². The summed E-state index contributed by atoms with van der Waals surface area (Å²) in [6, 6.07) is 9.68. The standard InChI is InChI=1S/C16H22O3/c1-5-18-12-14(15(17)19-16(2,3)4)11-13-9-7-6-8-10-13/h6-11H,5,12H2,1-4H3. The van der Waals surface area contributed by atoms with Gasteiger partial charge in [0.2, 0.25) is 0 Å². The summed E-state index contributed by atoms with van der Waals surface area (Å²) in [5, 5.41) is 0. The number of carbonyl (C=O) groups is 1. The smallest absolute Gasteiger partial charge is 0.336 e. The summed E-state index contributed by atoms with van der Waals surface area (Å²) in [5.74, 6) is -0.329. The normalized spacial score (nSPS) is 12.3. The molecule has 0 N–H and O–H groups in total. The van der Waals surface area contributed by atoms with Crippen molar-refractivity contribution < 1.29 is 14.3 Å². The minimum absolute atomic E-state index is 0.264. The predicted octanol–water partition coefficient (Wildman–Crippen LogP) is 3.45. The Labute approximate surface area is 115 Å². The Bertz CT molecular complexity index is 427. The maximum atomic E-state index is 12.1. The largest absolute Gasteiger partial charge is 0.457 e. The summed E-state index contributed by atoms with van der Waals surface area (Å²) in [5.41, 5.74) is 0.991. The van der Waals surface area contributed by atoms with E-state index < -0.39 is 5.60 Å². The van der Waals surface area contributed by atoms with Gasteiger partial charge in [-0.1, -0.05) is 30.3 Å². The Morgan fingerprint density at radius 3 is 2.37 bits per heavy atom. The number of esters is 1. The van der Waals surface area contributed by atoms with Crippen LogP contribution in [0.2, 0.25) is 0 Å². The van der Waals surface area contributed by atoms with Gasteiger partial charge in [0.05, 0.1) is 12.2 Å². The summed E-state index contributed by atoms with van der Waals surface area (Å²) in [6.07, 6.45) is 1.81. The Morgan fingerprint density at radius 1 is 1.21 bits per heavy atom. The van der Waals surface area contributed by atoms with Crippen LogP contribution in [0, 0.1) is 0 Å². The fraction of sp³-hybridized carbons (Fsp3) is 0.438. The minimum Gasteiger partial charge on any atom is -0.457 e. The molecule has 0 spiro atoms. The molecule has 19 heavy (non-hydrogen) atoms. The van der Waals surface area contributed by atoms with Crippen molar-refractivity contribution in [3.63, 3.8) is 0 Å². The average molecular weight is 262 g/mol. The van der Waals surface area contributed by atoms with Gasteiger partial charge in [-0.15, -0.1) is 0 Å². The van der Waals surface area contributed by atoms with Gasteiger partial charge in [-0.25, -0.2) is 4.79 Å². The van der Waals surface area contributed by atoms with Crippen LogP contribution in [-0.2, 0) is 14.3 Å². The molecule has 3 nitrogen and oxygen atoms in total. The number of hydrogen-bond donors (Lipinski definition) is 0. The third kappa shape index (κ3) is 6.20. The molecule has 0 aromatic heterocycles. The molecule has 0 fully saturated rings. The predicted molar refractivity (Wildman–Crippen MR) is 76.8 cm³/mol. The van der Waals surface area contributed by atoms with Crippen LogP contribution < -0.4 is 0 Å². The summed E-state index contributed by atoms with van der Waals surface area (Å²) < 4.78 is 10.7. The van der Waals surface area contributed by atoms with E-state index in [4.69, 9.17) is 9.47 Å². The van der Waals surface area contributed by atoms with Crippen LogP contribution in [0.4, 0.5) is 0 Å². The third-order valence-corrected chi connectivity index (χ3v) is 2.26. The van der Waals surface area contributed by atoms with Crippen molar-refractivity contribution in [1.29, 1.82) is 0 Å². The second-order valence-corrected chi connectivity index (χ2v) is 5.22. The highest BCUT2D eigenvalue weighted by atomic mass is 16.6. The van der Waals surface area contributed by atoms with Gasteiger partial charge in [0, 0.05) is 6.61 Å². The Kier molecular flexibility index (Phi) is 5.77. The van der Waals surface area contributed by atoms with Crippen molar-refractivity contribution in [2.75, 3.05) is 13.2 Å². The highest BCUT2D eigenvalue weighted by Gasteiger charge is 2.19.